The van der Waals surface area contributed by atoms with E-state index in [-0.39, 0.29) is 19.1 Å². The Morgan fingerprint density at radius 3 is 2.82 bits per heavy atom. The van der Waals surface area contributed by atoms with Gasteiger partial charge >= 0.3 is 0 Å². The van der Waals surface area contributed by atoms with Crippen LogP contribution in [0.1, 0.15) is 28.7 Å². The topological polar surface area (TPSA) is 120 Å². The van der Waals surface area contributed by atoms with Gasteiger partial charge in [0.2, 0.25) is 21.2 Å². The van der Waals surface area contributed by atoms with Crippen molar-refractivity contribution in [1.82, 2.24) is 20.3 Å². The van der Waals surface area contributed by atoms with Crippen LogP contribution in [0.5, 0.6) is 5.88 Å². The maximum atomic E-state index is 14.7. The summed E-state index contributed by atoms with van der Waals surface area (Å²) in [6.45, 7) is 0.686. The number of hydrogen-bond donors (Lipinski definition) is 1. The lowest BCUT2D eigenvalue weighted by atomic mass is 10.1. The molecule has 1 atom stereocenters. The number of carbonyl (C=O) groups is 1. The number of pyridine rings is 3. The van der Waals surface area contributed by atoms with E-state index in [4.69, 9.17) is 9.47 Å². The number of fused-ring (bicyclic) bond motifs is 2. The van der Waals surface area contributed by atoms with Crippen LogP contribution < -0.4 is 10.1 Å². The number of nitrogens with zero attached hydrogens (tertiary/aromatic N) is 3. The number of ether oxygens (including phenoxy) is 2. The summed E-state index contributed by atoms with van der Waals surface area (Å²) in [6, 6.07) is 11.0. The molecule has 1 amide bonds. The number of rotatable bonds is 5. The molecular formula is C26H24F2N4O5S. The first kappa shape index (κ1) is 25.6. The summed E-state index contributed by atoms with van der Waals surface area (Å²) < 4.78 is 64.0. The van der Waals surface area contributed by atoms with Crippen molar-refractivity contribution < 1.29 is 32.9 Å². The quantitative estimate of drug-likeness (QED) is 0.403. The third-order valence-electron chi connectivity index (χ3n) is 6.08. The van der Waals surface area contributed by atoms with Crippen molar-refractivity contribution in [2.45, 2.75) is 30.5 Å². The van der Waals surface area contributed by atoms with Crippen LogP contribution in [-0.2, 0) is 27.7 Å². The number of hydrogen-bond acceptors (Lipinski definition) is 8. The van der Waals surface area contributed by atoms with E-state index in [9.17, 15) is 22.0 Å². The zero-order valence-corrected chi connectivity index (χ0v) is 21.2. The predicted octanol–water partition coefficient (Wildman–Crippen LogP) is 3.92. The molecule has 0 aliphatic carbocycles. The fourth-order valence-electron chi connectivity index (χ4n) is 4.08. The molecule has 0 saturated carbocycles. The summed E-state index contributed by atoms with van der Waals surface area (Å²) >= 11 is 0. The van der Waals surface area contributed by atoms with E-state index < -0.39 is 45.2 Å². The highest BCUT2D eigenvalue weighted by Crippen LogP contribution is 2.30. The van der Waals surface area contributed by atoms with Crippen LogP contribution in [0.25, 0.3) is 22.2 Å². The first-order valence-corrected chi connectivity index (χ1v) is 13.1. The Bertz CT molecular complexity index is 1690. The number of methoxy groups -OCH3 is 1. The standard InChI is InChI=1S/C26H22F2N4O5S.H2/c1-14-3-5-18(26(31-14)36-2)21-6-4-15-10-29-17(9-22(15)32-21)11-30-25(33)16-7-20(27)19-12-37-13-24(28)38(34,35)23(19)8-16;/h3-10,24H,11-13H2,1-2H3,(H,30,33);1H/t24-;/m1./s1. The molecule has 1 aliphatic rings. The second-order valence-electron chi connectivity index (χ2n) is 8.66. The lowest BCUT2D eigenvalue weighted by Crippen LogP contribution is -2.25. The third kappa shape index (κ3) is 4.79. The van der Waals surface area contributed by atoms with Gasteiger partial charge in [-0.25, -0.2) is 27.2 Å². The summed E-state index contributed by atoms with van der Waals surface area (Å²) in [5.41, 5.74) is 0.312. The van der Waals surface area contributed by atoms with Gasteiger partial charge in [-0.1, -0.05) is 0 Å². The van der Waals surface area contributed by atoms with Gasteiger partial charge in [-0.2, -0.15) is 0 Å². The molecule has 0 unspecified atom stereocenters. The van der Waals surface area contributed by atoms with Crippen molar-refractivity contribution in [3.8, 4) is 17.1 Å². The molecule has 0 fully saturated rings. The van der Waals surface area contributed by atoms with Gasteiger partial charge in [0.25, 0.3) is 5.91 Å². The fraction of sp³-hybridized carbons (Fsp3) is 0.231. The fourth-order valence-corrected chi connectivity index (χ4v) is 5.42. The van der Waals surface area contributed by atoms with Crippen molar-refractivity contribution in [2.24, 2.45) is 0 Å². The number of alkyl halides is 1. The Kier molecular flexibility index (Phi) is 6.76. The molecule has 3 aromatic heterocycles. The third-order valence-corrected chi connectivity index (χ3v) is 7.87. The molecule has 0 saturated heterocycles. The summed E-state index contributed by atoms with van der Waals surface area (Å²) in [6.07, 6.45) is 1.61. The lowest BCUT2D eigenvalue weighted by Gasteiger charge is -2.12. The Balaban J connectivity index is 0.00000353. The molecule has 38 heavy (non-hydrogen) atoms. The largest absolute Gasteiger partial charge is 0.480 e. The molecule has 1 aromatic carbocycles. The predicted molar refractivity (Wildman–Crippen MR) is 135 cm³/mol. The number of carbonyl (C=O) groups excluding carboxylic acids is 1. The molecule has 5 rings (SSSR count). The molecule has 1 aliphatic heterocycles. The Morgan fingerprint density at radius 1 is 1.21 bits per heavy atom. The Morgan fingerprint density at radius 2 is 2.03 bits per heavy atom. The maximum absolute atomic E-state index is 14.7. The van der Waals surface area contributed by atoms with E-state index in [0.717, 1.165) is 23.2 Å². The van der Waals surface area contributed by atoms with Gasteiger partial charge in [0, 0.05) is 29.8 Å². The first-order chi connectivity index (χ1) is 18.2. The number of nitrogens with one attached hydrogen (secondary N) is 1. The highest BCUT2D eigenvalue weighted by atomic mass is 32.2. The molecule has 0 bridgehead atoms. The SMILES string of the molecule is COc1nc(C)ccc1-c1ccc2cnc(CNC(=O)c3cc(F)c4c(c3)S(=O)(=O)[C@@H](F)COC4)cc2n1.[HH]. The van der Waals surface area contributed by atoms with E-state index in [1.807, 2.05) is 31.2 Å². The van der Waals surface area contributed by atoms with Crippen LogP contribution >= 0.6 is 0 Å². The lowest BCUT2D eigenvalue weighted by molar-refractivity contribution is 0.0938. The van der Waals surface area contributed by atoms with Crippen LogP contribution in [0.15, 0.2) is 53.6 Å². The number of amides is 1. The molecule has 4 heterocycles. The molecule has 1 N–H and O–H groups in total. The number of benzene rings is 1. The average Bonchev–Trinajstić information content (AvgIpc) is 3.02. The summed E-state index contributed by atoms with van der Waals surface area (Å²) in [7, 11) is -2.97. The molecule has 4 aromatic rings. The number of sulfone groups is 1. The van der Waals surface area contributed by atoms with Gasteiger partial charge in [0.15, 0.2) is 0 Å². The number of aryl methyl sites for hydroxylation is 1. The van der Waals surface area contributed by atoms with Crippen molar-refractivity contribution in [3.05, 3.63) is 77.0 Å². The van der Waals surface area contributed by atoms with Crippen LogP contribution in [0.3, 0.4) is 0 Å². The van der Waals surface area contributed by atoms with Crippen molar-refractivity contribution in [2.75, 3.05) is 13.7 Å². The van der Waals surface area contributed by atoms with Gasteiger partial charge in [-0.05, 0) is 49.4 Å². The van der Waals surface area contributed by atoms with Crippen LogP contribution in [-0.4, -0.2) is 48.5 Å². The van der Waals surface area contributed by atoms with Crippen molar-refractivity contribution >= 4 is 26.6 Å². The Labute approximate surface area is 218 Å². The molecule has 0 spiro atoms. The maximum Gasteiger partial charge on any atom is 0.251 e. The second kappa shape index (κ2) is 10.0. The van der Waals surface area contributed by atoms with Gasteiger partial charge in [-0.3, -0.25) is 9.78 Å². The Hall–Kier alpha value is -4.03. The van der Waals surface area contributed by atoms with Crippen molar-refractivity contribution in [1.29, 1.82) is 0 Å². The van der Waals surface area contributed by atoms with Crippen LogP contribution in [0.2, 0.25) is 0 Å². The summed E-state index contributed by atoms with van der Waals surface area (Å²) in [5, 5.41) is 3.36. The zero-order valence-electron chi connectivity index (χ0n) is 20.4. The minimum atomic E-state index is -4.51. The normalized spacial score (nSPS) is 16.5. The monoisotopic (exact) mass is 542 g/mol. The molecule has 0 radical (unpaired) electrons. The second-order valence-corrected chi connectivity index (χ2v) is 10.7. The van der Waals surface area contributed by atoms with E-state index in [0.29, 0.717) is 28.3 Å². The first-order valence-electron chi connectivity index (χ1n) is 11.5. The molecular weight excluding hydrogens is 518 g/mol. The highest BCUT2D eigenvalue weighted by Gasteiger charge is 2.35. The zero-order chi connectivity index (χ0) is 27.0. The van der Waals surface area contributed by atoms with Crippen molar-refractivity contribution in [3.63, 3.8) is 0 Å². The number of aromatic nitrogens is 3. The minimum Gasteiger partial charge on any atom is -0.480 e. The van der Waals surface area contributed by atoms with Crippen LogP contribution in [0.4, 0.5) is 8.78 Å². The molecule has 9 nitrogen and oxygen atoms in total. The van der Waals surface area contributed by atoms with Gasteiger partial charge < -0.3 is 14.8 Å². The smallest absolute Gasteiger partial charge is 0.251 e. The average molecular weight is 543 g/mol. The van der Waals surface area contributed by atoms with E-state index >= 15 is 0 Å². The van der Waals surface area contributed by atoms with Gasteiger partial charge in [0.1, 0.15) is 5.82 Å². The highest BCUT2D eigenvalue weighted by molar-refractivity contribution is 7.92. The van der Waals surface area contributed by atoms with E-state index in [1.54, 1.807) is 12.3 Å². The summed E-state index contributed by atoms with van der Waals surface area (Å²) in [4.78, 5) is 25.6. The summed E-state index contributed by atoms with van der Waals surface area (Å²) in [5.74, 6) is -1.27. The molecule has 198 valence electrons. The van der Waals surface area contributed by atoms with Crippen LogP contribution in [0, 0.1) is 12.7 Å². The van der Waals surface area contributed by atoms with E-state index in [1.165, 1.54) is 7.11 Å². The number of halogens is 2. The minimum absolute atomic E-state index is 0. The molecule has 12 heteroatoms. The van der Waals surface area contributed by atoms with E-state index in [2.05, 4.69) is 20.3 Å². The van der Waals surface area contributed by atoms with Gasteiger partial charge in [0.05, 0.1) is 54.2 Å². The van der Waals surface area contributed by atoms with Gasteiger partial charge in [-0.15, -0.1) is 0 Å².